The van der Waals surface area contributed by atoms with Crippen LogP contribution in [0.15, 0.2) is 24.3 Å². The van der Waals surface area contributed by atoms with Crippen molar-refractivity contribution in [3.8, 4) is 0 Å². The number of hydrogen-bond donors (Lipinski definition) is 3. The van der Waals surface area contributed by atoms with E-state index in [1.54, 1.807) is 0 Å². The van der Waals surface area contributed by atoms with Crippen molar-refractivity contribution >= 4 is 0 Å². The number of rotatable bonds is 7. The number of aliphatic hydroxyl groups excluding tert-OH is 1. The number of nitrogens with one attached hydrogen (secondary N) is 1. The molecular weight excluding hydrogens is 212 g/mol. The van der Waals surface area contributed by atoms with Crippen molar-refractivity contribution in [3.05, 3.63) is 35.4 Å². The van der Waals surface area contributed by atoms with Crippen molar-refractivity contribution in [2.24, 2.45) is 5.73 Å². The van der Waals surface area contributed by atoms with Crippen molar-refractivity contribution < 1.29 is 5.11 Å². The monoisotopic (exact) mass is 236 g/mol. The van der Waals surface area contributed by atoms with Crippen LogP contribution in [0.2, 0.25) is 0 Å². The summed E-state index contributed by atoms with van der Waals surface area (Å²) in [5.74, 6) is 0. The molecule has 17 heavy (non-hydrogen) atoms. The minimum Gasteiger partial charge on any atom is -0.387 e. The van der Waals surface area contributed by atoms with E-state index in [1.807, 2.05) is 19.2 Å². The second-order valence-electron chi connectivity index (χ2n) is 4.49. The molecule has 0 fully saturated rings. The third-order valence-electron chi connectivity index (χ3n) is 2.99. The SMILES string of the molecule is CCCc1ccc(C(O)C(N)CCNC)cc1. The highest BCUT2D eigenvalue weighted by molar-refractivity contribution is 5.25. The van der Waals surface area contributed by atoms with Gasteiger partial charge in [0.25, 0.3) is 0 Å². The largest absolute Gasteiger partial charge is 0.387 e. The fourth-order valence-electron chi connectivity index (χ4n) is 1.89. The first-order chi connectivity index (χ1) is 8.19. The predicted molar refractivity (Wildman–Crippen MR) is 71.9 cm³/mol. The average molecular weight is 236 g/mol. The first-order valence-electron chi connectivity index (χ1n) is 6.36. The van der Waals surface area contributed by atoms with Crippen LogP contribution in [0.5, 0.6) is 0 Å². The molecule has 1 rings (SSSR count). The molecule has 0 spiro atoms. The minimum atomic E-state index is -0.570. The van der Waals surface area contributed by atoms with Crippen molar-refractivity contribution in [2.75, 3.05) is 13.6 Å². The molecule has 2 unspecified atom stereocenters. The van der Waals surface area contributed by atoms with Gasteiger partial charge in [0.05, 0.1) is 6.10 Å². The Kier molecular flexibility index (Phi) is 6.19. The van der Waals surface area contributed by atoms with Crippen LogP contribution in [0.25, 0.3) is 0 Å². The fraction of sp³-hybridized carbons (Fsp3) is 0.571. The molecule has 0 radical (unpaired) electrons. The number of aliphatic hydroxyl groups is 1. The molecule has 3 heteroatoms. The van der Waals surface area contributed by atoms with Gasteiger partial charge in [0.15, 0.2) is 0 Å². The van der Waals surface area contributed by atoms with E-state index in [2.05, 4.69) is 24.4 Å². The fourth-order valence-corrected chi connectivity index (χ4v) is 1.89. The summed E-state index contributed by atoms with van der Waals surface area (Å²) in [7, 11) is 1.89. The highest BCUT2D eigenvalue weighted by Gasteiger charge is 2.15. The summed E-state index contributed by atoms with van der Waals surface area (Å²) in [5, 5.41) is 13.1. The molecular formula is C14H24N2O. The smallest absolute Gasteiger partial charge is 0.0941 e. The average Bonchev–Trinajstić information content (AvgIpc) is 2.36. The summed E-state index contributed by atoms with van der Waals surface area (Å²) >= 11 is 0. The molecule has 0 amide bonds. The number of benzene rings is 1. The minimum absolute atomic E-state index is 0.209. The molecule has 0 aromatic heterocycles. The van der Waals surface area contributed by atoms with E-state index < -0.39 is 6.10 Å². The van der Waals surface area contributed by atoms with E-state index >= 15 is 0 Å². The lowest BCUT2D eigenvalue weighted by Gasteiger charge is -2.19. The van der Waals surface area contributed by atoms with Crippen LogP contribution in [-0.2, 0) is 6.42 Å². The van der Waals surface area contributed by atoms with Crippen LogP contribution in [0.4, 0.5) is 0 Å². The zero-order valence-corrected chi connectivity index (χ0v) is 10.8. The topological polar surface area (TPSA) is 58.3 Å². The van der Waals surface area contributed by atoms with Gasteiger partial charge in [0.2, 0.25) is 0 Å². The molecule has 3 nitrogen and oxygen atoms in total. The van der Waals surface area contributed by atoms with Gasteiger partial charge in [-0.15, -0.1) is 0 Å². The third-order valence-corrected chi connectivity index (χ3v) is 2.99. The normalized spacial score (nSPS) is 14.6. The van der Waals surface area contributed by atoms with Crippen LogP contribution < -0.4 is 11.1 Å². The molecule has 0 heterocycles. The number of aryl methyl sites for hydroxylation is 1. The maximum atomic E-state index is 10.1. The van der Waals surface area contributed by atoms with Gasteiger partial charge in [-0.05, 0) is 37.6 Å². The highest BCUT2D eigenvalue weighted by atomic mass is 16.3. The van der Waals surface area contributed by atoms with Gasteiger partial charge >= 0.3 is 0 Å². The molecule has 0 aliphatic rings. The molecule has 96 valence electrons. The first kappa shape index (κ1) is 14.2. The van der Waals surface area contributed by atoms with Crippen LogP contribution in [0.1, 0.15) is 37.0 Å². The van der Waals surface area contributed by atoms with Gasteiger partial charge in [-0.2, -0.15) is 0 Å². The van der Waals surface area contributed by atoms with Gasteiger partial charge in [-0.3, -0.25) is 0 Å². The summed E-state index contributed by atoms with van der Waals surface area (Å²) in [6.07, 6.45) is 2.43. The van der Waals surface area contributed by atoms with E-state index in [1.165, 1.54) is 5.56 Å². The summed E-state index contributed by atoms with van der Waals surface area (Å²) < 4.78 is 0. The lowest BCUT2D eigenvalue weighted by atomic mass is 9.98. The van der Waals surface area contributed by atoms with E-state index in [9.17, 15) is 5.11 Å². The molecule has 0 aliphatic heterocycles. The van der Waals surface area contributed by atoms with Crippen LogP contribution >= 0.6 is 0 Å². The Balaban J connectivity index is 2.58. The Morgan fingerprint density at radius 3 is 2.47 bits per heavy atom. The quantitative estimate of drug-likeness (QED) is 0.674. The van der Waals surface area contributed by atoms with Gasteiger partial charge in [-0.1, -0.05) is 37.6 Å². The first-order valence-corrected chi connectivity index (χ1v) is 6.36. The Morgan fingerprint density at radius 2 is 1.94 bits per heavy atom. The number of hydrogen-bond acceptors (Lipinski definition) is 3. The zero-order chi connectivity index (χ0) is 12.7. The summed E-state index contributed by atoms with van der Waals surface area (Å²) in [6.45, 7) is 2.99. The molecule has 2 atom stereocenters. The Labute approximate surface area is 104 Å². The maximum Gasteiger partial charge on any atom is 0.0941 e. The van der Waals surface area contributed by atoms with Gasteiger partial charge in [0.1, 0.15) is 0 Å². The molecule has 0 saturated carbocycles. The van der Waals surface area contributed by atoms with E-state index in [0.717, 1.165) is 31.4 Å². The van der Waals surface area contributed by atoms with Crippen LogP contribution in [0.3, 0.4) is 0 Å². The Morgan fingerprint density at radius 1 is 1.29 bits per heavy atom. The van der Waals surface area contributed by atoms with Gasteiger partial charge in [-0.25, -0.2) is 0 Å². The van der Waals surface area contributed by atoms with Gasteiger partial charge < -0.3 is 16.2 Å². The molecule has 0 saturated heterocycles. The number of nitrogens with two attached hydrogens (primary N) is 1. The maximum absolute atomic E-state index is 10.1. The van der Waals surface area contributed by atoms with Crippen molar-refractivity contribution in [1.29, 1.82) is 0 Å². The van der Waals surface area contributed by atoms with E-state index in [4.69, 9.17) is 5.73 Å². The lowest BCUT2D eigenvalue weighted by molar-refractivity contribution is 0.142. The Bertz CT molecular complexity index is 311. The van der Waals surface area contributed by atoms with E-state index in [0.29, 0.717) is 0 Å². The molecule has 0 aliphatic carbocycles. The third kappa shape index (κ3) is 4.46. The van der Waals surface area contributed by atoms with Crippen molar-refractivity contribution in [3.63, 3.8) is 0 Å². The van der Waals surface area contributed by atoms with Crippen LogP contribution in [-0.4, -0.2) is 24.7 Å². The summed E-state index contributed by atoms with van der Waals surface area (Å²) in [4.78, 5) is 0. The molecule has 1 aromatic rings. The second-order valence-corrected chi connectivity index (χ2v) is 4.49. The lowest BCUT2D eigenvalue weighted by Crippen LogP contribution is -2.31. The zero-order valence-electron chi connectivity index (χ0n) is 10.8. The van der Waals surface area contributed by atoms with Crippen LogP contribution in [0, 0.1) is 0 Å². The van der Waals surface area contributed by atoms with Gasteiger partial charge in [0, 0.05) is 6.04 Å². The molecule has 0 bridgehead atoms. The van der Waals surface area contributed by atoms with E-state index in [-0.39, 0.29) is 6.04 Å². The molecule has 1 aromatic carbocycles. The van der Waals surface area contributed by atoms with Crippen molar-refractivity contribution in [1.82, 2.24) is 5.32 Å². The van der Waals surface area contributed by atoms with Crippen molar-refractivity contribution in [2.45, 2.75) is 38.3 Å². The summed E-state index contributed by atoms with van der Waals surface area (Å²) in [5.41, 5.74) is 8.16. The Hall–Kier alpha value is -0.900. The standard InChI is InChI=1S/C14H24N2O/c1-3-4-11-5-7-12(8-6-11)14(17)13(15)9-10-16-2/h5-8,13-14,16-17H,3-4,9-10,15H2,1-2H3. The predicted octanol–water partition coefficient (Wildman–Crippen LogP) is 1.61. The summed E-state index contributed by atoms with van der Waals surface area (Å²) in [6, 6.07) is 7.91. The second kappa shape index (κ2) is 7.43. The molecule has 4 N–H and O–H groups in total. The highest BCUT2D eigenvalue weighted by Crippen LogP contribution is 2.18.